The molecule has 4 heteroatoms. The van der Waals surface area contributed by atoms with Crippen molar-refractivity contribution in [3.63, 3.8) is 0 Å². The minimum atomic E-state index is 0.155. The number of amides is 1. The van der Waals surface area contributed by atoms with Crippen LogP contribution in [0.4, 0.5) is 0 Å². The van der Waals surface area contributed by atoms with Crippen molar-refractivity contribution >= 4 is 5.91 Å². The number of carbonyl (C=O) groups excluding carboxylic acids is 1. The molecule has 1 saturated heterocycles. The van der Waals surface area contributed by atoms with Crippen molar-refractivity contribution in [1.82, 2.24) is 15.1 Å². The third kappa shape index (κ3) is 2.27. The van der Waals surface area contributed by atoms with Gasteiger partial charge >= 0.3 is 0 Å². The second-order valence-electron chi connectivity index (χ2n) is 4.59. The van der Waals surface area contributed by atoms with E-state index in [1.54, 1.807) is 0 Å². The highest BCUT2D eigenvalue weighted by Gasteiger charge is 2.21. The SMILES string of the molecule is O=C1CCC(Cc2ccn(-c3ccccc3)n2)N1. The molecule has 2 aromatic rings. The molecular formula is C14H15N3O. The van der Waals surface area contributed by atoms with Crippen LogP contribution in [0.1, 0.15) is 18.5 Å². The fraction of sp³-hybridized carbons (Fsp3) is 0.286. The number of rotatable bonds is 3. The average Bonchev–Trinajstić information content (AvgIpc) is 3.01. The summed E-state index contributed by atoms with van der Waals surface area (Å²) >= 11 is 0. The number of nitrogens with zero attached hydrogens (tertiary/aromatic N) is 2. The van der Waals surface area contributed by atoms with Gasteiger partial charge in [0.15, 0.2) is 0 Å². The minimum Gasteiger partial charge on any atom is -0.353 e. The predicted molar refractivity (Wildman–Crippen MR) is 68.4 cm³/mol. The lowest BCUT2D eigenvalue weighted by Gasteiger charge is -2.06. The van der Waals surface area contributed by atoms with Crippen molar-refractivity contribution in [1.29, 1.82) is 0 Å². The first kappa shape index (κ1) is 11.0. The number of para-hydroxylation sites is 1. The predicted octanol–water partition coefficient (Wildman–Crippen LogP) is 1.69. The maximum Gasteiger partial charge on any atom is 0.220 e. The Balaban J connectivity index is 1.72. The zero-order valence-electron chi connectivity index (χ0n) is 10.0. The number of hydrogen-bond donors (Lipinski definition) is 1. The van der Waals surface area contributed by atoms with E-state index >= 15 is 0 Å². The van der Waals surface area contributed by atoms with Gasteiger partial charge in [-0.15, -0.1) is 0 Å². The van der Waals surface area contributed by atoms with Gasteiger partial charge in [-0.2, -0.15) is 5.10 Å². The molecular weight excluding hydrogens is 226 g/mol. The molecule has 1 N–H and O–H groups in total. The van der Waals surface area contributed by atoms with Crippen molar-refractivity contribution in [3.05, 3.63) is 48.3 Å². The second kappa shape index (κ2) is 4.64. The molecule has 3 rings (SSSR count). The van der Waals surface area contributed by atoms with E-state index in [2.05, 4.69) is 10.4 Å². The highest BCUT2D eigenvalue weighted by molar-refractivity contribution is 5.78. The molecule has 0 bridgehead atoms. The summed E-state index contributed by atoms with van der Waals surface area (Å²) in [4.78, 5) is 11.1. The van der Waals surface area contributed by atoms with E-state index in [-0.39, 0.29) is 11.9 Å². The van der Waals surface area contributed by atoms with Gasteiger partial charge in [-0.25, -0.2) is 4.68 Å². The molecule has 1 aliphatic heterocycles. The summed E-state index contributed by atoms with van der Waals surface area (Å²) in [6.45, 7) is 0. The molecule has 0 radical (unpaired) electrons. The lowest BCUT2D eigenvalue weighted by Crippen LogP contribution is -2.27. The Morgan fingerprint density at radius 3 is 2.83 bits per heavy atom. The zero-order chi connectivity index (χ0) is 12.4. The molecule has 1 aliphatic rings. The Labute approximate surface area is 106 Å². The molecule has 92 valence electrons. The highest BCUT2D eigenvalue weighted by atomic mass is 16.1. The number of hydrogen-bond acceptors (Lipinski definition) is 2. The van der Waals surface area contributed by atoms with Gasteiger partial charge in [0.05, 0.1) is 11.4 Å². The lowest BCUT2D eigenvalue weighted by molar-refractivity contribution is -0.119. The molecule has 18 heavy (non-hydrogen) atoms. The molecule has 2 heterocycles. The number of aromatic nitrogens is 2. The average molecular weight is 241 g/mol. The van der Waals surface area contributed by atoms with E-state index in [9.17, 15) is 4.79 Å². The van der Waals surface area contributed by atoms with Crippen LogP contribution in [0.15, 0.2) is 42.6 Å². The molecule has 4 nitrogen and oxygen atoms in total. The van der Waals surface area contributed by atoms with Gasteiger partial charge in [-0.3, -0.25) is 4.79 Å². The smallest absolute Gasteiger partial charge is 0.220 e. The van der Waals surface area contributed by atoms with E-state index in [0.29, 0.717) is 6.42 Å². The summed E-state index contributed by atoms with van der Waals surface area (Å²) in [6.07, 6.45) is 4.33. The van der Waals surface area contributed by atoms with Crippen LogP contribution in [-0.2, 0) is 11.2 Å². The van der Waals surface area contributed by atoms with Crippen LogP contribution < -0.4 is 5.32 Å². The summed E-state index contributed by atoms with van der Waals surface area (Å²) in [7, 11) is 0. The Bertz CT molecular complexity index is 547. The molecule has 0 aliphatic carbocycles. The molecule has 0 spiro atoms. The van der Waals surface area contributed by atoms with E-state index < -0.39 is 0 Å². The van der Waals surface area contributed by atoms with Crippen molar-refractivity contribution in [2.24, 2.45) is 0 Å². The van der Waals surface area contributed by atoms with Crippen molar-refractivity contribution in [3.8, 4) is 5.69 Å². The number of benzene rings is 1. The van der Waals surface area contributed by atoms with Gasteiger partial charge in [0.2, 0.25) is 5.91 Å². The maximum atomic E-state index is 11.1. The third-order valence-corrected chi connectivity index (χ3v) is 3.21. The second-order valence-corrected chi connectivity index (χ2v) is 4.59. The Hall–Kier alpha value is -2.10. The van der Waals surface area contributed by atoms with E-state index in [0.717, 1.165) is 24.2 Å². The van der Waals surface area contributed by atoms with E-state index in [1.165, 1.54) is 0 Å². The molecule has 0 saturated carbocycles. The normalized spacial score (nSPS) is 18.9. The minimum absolute atomic E-state index is 0.155. The Morgan fingerprint density at radius 2 is 2.11 bits per heavy atom. The van der Waals surface area contributed by atoms with Gasteiger partial charge in [-0.1, -0.05) is 18.2 Å². The topological polar surface area (TPSA) is 46.9 Å². The van der Waals surface area contributed by atoms with Crippen molar-refractivity contribution < 1.29 is 4.79 Å². The van der Waals surface area contributed by atoms with E-state index in [4.69, 9.17) is 0 Å². The first-order valence-corrected chi connectivity index (χ1v) is 6.20. The summed E-state index contributed by atoms with van der Waals surface area (Å²) in [5, 5.41) is 7.50. The Morgan fingerprint density at radius 1 is 1.28 bits per heavy atom. The van der Waals surface area contributed by atoms with Crippen molar-refractivity contribution in [2.75, 3.05) is 0 Å². The van der Waals surface area contributed by atoms with Gasteiger partial charge in [0, 0.05) is 25.1 Å². The van der Waals surface area contributed by atoms with Crippen molar-refractivity contribution in [2.45, 2.75) is 25.3 Å². The first-order valence-electron chi connectivity index (χ1n) is 6.20. The third-order valence-electron chi connectivity index (χ3n) is 3.21. The van der Waals surface area contributed by atoms with Crippen LogP contribution in [0.3, 0.4) is 0 Å². The molecule has 1 aromatic heterocycles. The fourth-order valence-corrected chi connectivity index (χ4v) is 2.28. The zero-order valence-corrected chi connectivity index (χ0v) is 10.0. The fourth-order valence-electron chi connectivity index (χ4n) is 2.28. The number of nitrogens with one attached hydrogen (secondary N) is 1. The van der Waals surface area contributed by atoms with Crippen LogP contribution in [0.2, 0.25) is 0 Å². The van der Waals surface area contributed by atoms with Gasteiger partial charge < -0.3 is 5.32 Å². The standard InChI is InChI=1S/C14H15N3O/c18-14-7-6-11(15-14)10-12-8-9-17(16-12)13-4-2-1-3-5-13/h1-5,8-9,11H,6-7,10H2,(H,15,18). The van der Waals surface area contributed by atoms with Crippen LogP contribution >= 0.6 is 0 Å². The molecule has 1 atom stereocenters. The van der Waals surface area contributed by atoms with E-state index in [1.807, 2.05) is 47.3 Å². The van der Waals surface area contributed by atoms with Crippen LogP contribution in [0.5, 0.6) is 0 Å². The summed E-state index contributed by atoms with van der Waals surface area (Å²) in [5.41, 5.74) is 2.07. The quantitative estimate of drug-likeness (QED) is 0.889. The van der Waals surface area contributed by atoms with Crippen LogP contribution in [-0.4, -0.2) is 21.7 Å². The van der Waals surface area contributed by atoms with Gasteiger partial charge in [0.25, 0.3) is 0 Å². The van der Waals surface area contributed by atoms with Crippen LogP contribution in [0, 0.1) is 0 Å². The summed E-state index contributed by atoms with van der Waals surface area (Å²) in [5.74, 6) is 0.155. The maximum absolute atomic E-state index is 11.1. The monoisotopic (exact) mass is 241 g/mol. The largest absolute Gasteiger partial charge is 0.353 e. The first-order chi connectivity index (χ1) is 8.81. The Kier molecular flexibility index (Phi) is 2.84. The highest BCUT2D eigenvalue weighted by Crippen LogP contribution is 2.13. The van der Waals surface area contributed by atoms with Gasteiger partial charge in [-0.05, 0) is 24.6 Å². The number of carbonyl (C=O) groups is 1. The van der Waals surface area contributed by atoms with Crippen LogP contribution in [0.25, 0.3) is 5.69 Å². The summed E-state index contributed by atoms with van der Waals surface area (Å²) in [6, 6.07) is 12.3. The summed E-state index contributed by atoms with van der Waals surface area (Å²) < 4.78 is 1.87. The van der Waals surface area contributed by atoms with Gasteiger partial charge in [0.1, 0.15) is 0 Å². The lowest BCUT2D eigenvalue weighted by atomic mass is 10.1. The molecule has 1 unspecified atom stereocenters. The molecule has 1 aromatic carbocycles. The molecule has 1 amide bonds. The molecule has 1 fully saturated rings.